The van der Waals surface area contributed by atoms with Crippen molar-refractivity contribution in [2.24, 2.45) is 5.73 Å². The topological polar surface area (TPSA) is 38.9 Å². The molecule has 2 aromatic rings. The average Bonchev–Trinajstić information content (AvgIpc) is 2.93. The summed E-state index contributed by atoms with van der Waals surface area (Å²) in [6, 6.07) is 8.99. The Bertz CT molecular complexity index is 502. The fraction of sp³-hybridized carbons (Fsp3) is 0.471. The highest BCUT2D eigenvalue weighted by molar-refractivity contribution is 7.09. The monoisotopic (exact) mass is 288 g/mol. The second-order valence-electron chi connectivity index (χ2n) is 5.24. The van der Waals surface area contributed by atoms with Crippen molar-refractivity contribution in [2.45, 2.75) is 52.0 Å². The summed E-state index contributed by atoms with van der Waals surface area (Å²) in [7, 11) is 0. The third kappa shape index (κ3) is 4.73. The lowest BCUT2D eigenvalue weighted by Crippen LogP contribution is -1.97. The van der Waals surface area contributed by atoms with Crippen LogP contribution < -0.4 is 5.73 Å². The number of hydrogen-bond acceptors (Lipinski definition) is 3. The van der Waals surface area contributed by atoms with Crippen LogP contribution in [0.3, 0.4) is 0 Å². The SMILES string of the molecule is CCCCCCc1ccc(Cc2nc(CN)cs2)cc1. The fourth-order valence-electron chi connectivity index (χ4n) is 2.28. The van der Waals surface area contributed by atoms with Crippen LogP contribution in [0, 0.1) is 0 Å². The summed E-state index contributed by atoms with van der Waals surface area (Å²) >= 11 is 1.70. The van der Waals surface area contributed by atoms with E-state index in [1.165, 1.54) is 43.2 Å². The molecule has 0 saturated heterocycles. The molecule has 0 amide bonds. The van der Waals surface area contributed by atoms with Gasteiger partial charge in [-0.25, -0.2) is 4.98 Å². The first kappa shape index (κ1) is 15.2. The van der Waals surface area contributed by atoms with E-state index in [4.69, 9.17) is 5.73 Å². The standard InChI is InChI=1S/C17H24N2S/c1-2-3-4-5-6-14-7-9-15(10-8-14)11-17-19-16(12-18)13-20-17/h7-10,13H,2-6,11-12,18H2,1H3. The molecule has 0 aliphatic heterocycles. The third-order valence-electron chi connectivity index (χ3n) is 3.51. The maximum atomic E-state index is 5.59. The summed E-state index contributed by atoms with van der Waals surface area (Å²) in [4.78, 5) is 4.51. The predicted molar refractivity (Wildman–Crippen MR) is 87.1 cm³/mol. The van der Waals surface area contributed by atoms with Crippen molar-refractivity contribution in [3.8, 4) is 0 Å². The molecule has 1 heterocycles. The van der Waals surface area contributed by atoms with E-state index in [9.17, 15) is 0 Å². The Morgan fingerprint density at radius 2 is 1.80 bits per heavy atom. The molecule has 108 valence electrons. The summed E-state index contributed by atoms with van der Waals surface area (Å²) < 4.78 is 0. The Labute approximate surface area is 126 Å². The molecule has 1 aromatic heterocycles. The van der Waals surface area contributed by atoms with E-state index < -0.39 is 0 Å². The van der Waals surface area contributed by atoms with Gasteiger partial charge in [-0.05, 0) is 24.0 Å². The van der Waals surface area contributed by atoms with Crippen molar-refractivity contribution in [3.05, 3.63) is 51.5 Å². The van der Waals surface area contributed by atoms with Gasteiger partial charge < -0.3 is 5.73 Å². The molecule has 20 heavy (non-hydrogen) atoms. The number of aryl methyl sites for hydroxylation is 1. The van der Waals surface area contributed by atoms with E-state index in [1.807, 2.05) is 0 Å². The highest BCUT2D eigenvalue weighted by atomic mass is 32.1. The molecule has 2 rings (SSSR count). The molecule has 0 aliphatic carbocycles. The minimum absolute atomic E-state index is 0.535. The average molecular weight is 288 g/mol. The summed E-state index contributed by atoms with van der Waals surface area (Å²) in [5, 5.41) is 3.21. The van der Waals surface area contributed by atoms with Gasteiger partial charge >= 0.3 is 0 Å². The fourth-order valence-corrected chi connectivity index (χ4v) is 3.12. The van der Waals surface area contributed by atoms with E-state index in [-0.39, 0.29) is 0 Å². The molecule has 3 heteroatoms. The molecule has 0 fully saturated rings. The van der Waals surface area contributed by atoms with Gasteiger partial charge in [0.05, 0.1) is 10.7 Å². The molecule has 0 atom stereocenters. The molecular weight excluding hydrogens is 264 g/mol. The number of benzene rings is 1. The van der Waals surface area contributed by atoms with E-state index in [0.29, 0.717) is 6.54 Å². The summed E-state index contributed by atoms with van der Waals surface area (Å²) in [6.07, 6.45) is 7.43. The van der Waals surface area contributed by atoms with Gasteiger partial charge in [0.25, 0.3) is 0 Å². The van der Waals surface area contributed by atoms with Crippen LogP contribution >= 0.6 is 11.3 Å². The molecule has 0 radical (unpaired) electrons. The van der Waals surface area contributed by atoms with E-state index >= 15 is 0 Å². The van der Waals surface area contributed by atoms with Gasteiger partial charge in [-0.1, -0.05) is 50.5 Å². The van der Waals surface area contributed by atoms with Crippen LogP contribution in [0.5, 0.6) is 0 Å². The Morgan fingerprint density at radius 1 is 1.05 bits per heavy atom. The van der Waals surface area contributed by atoms with Crippen molar-refractivity contribution in [2.75, 3.05) is 0 Å². The lowest BCUT2D eigenvalue weighted by molar-refractivity contribution is 0.667. The zero-order valence-electron chi connectivity index (χ0n) is 12.3. The van der Waals surface area contributed by atoms with Gasteiger partial charge in [0.1, 0.15) is 0 Å². The van der Waals surface area contributed by atoms with Gasteiger partial charge in [0, 0.05) is 18.3 Å². The van der Waals surface area contributed by atoms with Gasteiger partial charge in [0.2, 0.25) is 0 Å². The van der Waals surface area contributed by atoms with Crippen molar-refractivity contribution >= 4 is 11.3 Å². The Hall–Kier alpha value is -1.19. The highest BCUT2D eigenvalue weighted by Gasteiger charge is 2.02. The number of nitrogens with two attached hydrogens (primary N) is 1. The first-order valence-electron chi connectivity index (χ1n) is 7.53. The molecule has 0 bridgehead atoms. The molecule has 0 unspecified atom stereocenters. The smallest absolute Gasteiger partial charge is 0.0972 e. The normalized spacial score (nSPS) is 10.9. The minimum atomic E-state index is 0.535. The first-order valence-corrected chi connectivity index (χ1v) is 8.41. The zero-order valence-corrected chi connectivity index (χ0v) is 13.1. The maximum Gasteiger partial charge on any atom is 0.0972 e. The molecule has 0 saturated carbocycles. The van der Waals surface area contributed by atoms with Gasteiger partial charge in [-0.3, -0.25) is 0 Å². The molecule has 1 aromatic carbocycles. The number of unbranched alkanes of at least 4 members (excludes halogenated alkanes) is 3. The van der Waals surface area contributed by atoms with Crippen LogP contribution in [0.1, 0.15) is 54.4 Å². The highest BCUT2D eigenvalue weighted by Crippen LogP contribution is 2.16. The number of hydrogen-bond donors (Lipinski definition) is 1. The van der Waals surface area contributed by atoms with Crippen molar-refractivity contribution in [1.29, 1.82) is 0 Å². The van der Waals surface area contributed by atoms with E-state index in [0.717, 1.165) is 17.1 Å². The molecule has 2 N–H and O–H groups in total. The minimum Gasteiger partial charge on any atom is -0.325 e. The number of nitrogens with zero attached hydrogens (tertiary/aromatic N) is 1. The van der Waals surface area contributed by atoms with Crippen LogP contribution in [0.4, 0.5) is 0 Å². The lowest BCUT2D eigenvalue weighted by Gasteiger charge is -2.03. The maximum absolute atomic E-state index is 5.59. The van der Waals surface area contributed by atoms with Crippen LogP contribution in [-0.2, 0) is 19.4 Å². The van der Waals surface area contributed by atoms with E-state index in [1.54, 1.807) is 11.3 Å². The number of aromatic nitrogens is 1. The van der Waals surface area contributed by atoms with Crippen molar-refractivity contribution in [1.82, 2.24) is 4.98 Å². The second kappa shape index (κ2) is 8.18. The lowest BCUT2D eigenvalue weighted by atomic mass is 10.0. The Kier molecular flexibility index (Phi) is 6.22. The number of rotatable bonds is 8. The molecular formula is C17H24N2S. The Balaban J connectivity index is 1.84. The summed E-state index contributed by atoms with van der Waals surface area (Å²) in [6.45, 7) is 2.79. The molecule has 0 spiro atoms. The second-order valence-corrected chi connectivity index (χ2v) is 6.18. The van der Waals surface area contributed by atoms with Crippen molar-refractivity contribution in [3.63, 3.8) is 0 Å². The van der Waals surface area contributed by atoms with Crippen LogP contribution in [0.15, 0.2) is 29.6 Å². The van der Waals surface area contributed by atoms with Gasteiger partial charge in [-0.2, -0.15) is 0 Å². The summed E-state index contributed by atoms with van der Waals surface area (Å²) in [5.41, 5.74) is 9.37. The number of thiazole rings is 1. The first-order chi connectivity index (χ1) is 9.81. The van der Waals surface area contributed by atoms with Crippen LogP contribution in [0.2, 0.25) is 0 Å². The van der Waals surface area contributed by atoms with E-state index in [2.05, 4.69) is 41.6 Å². The van der Waals surface area contributed by atoms with Crippen molar-refractivity contribution < 1.29 is 0 Å². The Morgan fingerprint density at radius 3 is 2.45 bits per heavy atom. The van der Waals surface area contributed by atoms with Crippen LogP contribution in [-0.4, -0.2) is 4.98 Å². The molecule has 2 nitrogen and oxygen atoms in total. The zero-order chi connectivity index (χ0) is 14.2. The summed E-state index contributed by atoms with van der Waals surface area (Å²) in [5.74, 6) is 0. The third-order valence-corrected chi connectivity index (χ3v) is 4.40. The predicted octanol–water partition coefficient (Wildman–Crippen LogP) is 4.32. The van der Waals surface area contributed by atoms with Gasteiger partial charge in [-0.15, -0.1) is 11.3 Å². The van der Waals surface area contributed by atoms with Crippen LogP contribution in [0.25, 0.3) is 0 Å². The van der Waals surface area contributed by atoms with Gasteiger partial charge in [0.15, 0.2) is 0 Å². The largest absolute Gasteiger partial charge is 0.325 e. The quantitative estimate of drug-likeness (QED) is 0.735. The molecule has 0 aliphatic rings.